The number of hydrogen-bond acceptors (Lipinski definition) is 6. The quantitative estimate of drug-likeness (QED) is 0.299. The minimum Gasteiger partial charge on any atom is -0.504 e. The average molecular weight is 281 g/mol. The molecule has 0 radical (unpaired) electrons. The second kappa shape index (κ2) is 7.34. The van der Waals surface area contributed by atoms with Crippen molar-refractivity contribution in [3.05, 3.63) is 33.7 Å². The average Bonchev–Trinajstić information content (AvgIpc) is 2.46. The number of aldehydes is 1. The summed E-state index contributed by atoms with van der Waals surface area (Å²) in [7, 11) is 1.33. The minimum atomic E-state index is -1.39. The third kappa shape index (κ3) is 3.61. The zero-order valence-corrected chi connectivity index (χ0v) is 10.8. The van der Waals surface area contributed by atoms with E-state index in [4.69, 9.17) is 10.3 Å². The van der Waals surface area contributed by atoms with Gasteiger partial charge in [-0.2, -0.15) is 0 Å². The summed E-state index contributed by atoms with van der Waals surface area (Å²) in [5, 5.41) is 32.7. The SMILES string of the molecule is COc1cc(C=O)c(C(O)C(O)CCN=[N+]=[N-])cc1O. The maximum atomic E-state index is 11.0. The summed E-state index contributed by atoms with van der Waals surface area (Å²) >= 11 is 0. The molecule has 20 heavy (non-hydrogen) atoms. The monoisotopic (exact) mass is 281 g/mol. The number of carbonyl (C=O) groups is 1. The van der Waals surface area contributed by atoms with Crippen molar-refractivity contribution in [3.8, 4) is 11.5 Å². The van der Waals surface area contributed by atoms with E-state index >= 15 is 0 Å². The highest BCUT2D eigenvalue weighted by Gasteiger charge is 2.22. The molecule has 0 aliphatic heterocycles. The van der Waals surface area contributed by atoms with Gasteiger partial charge in [-0.25, -0.2) is 0 Å². The first-order chi connectivity index (χ1) is 9.54. The Labute approximate surface area is 114 Å². The molecule has 108 valence electrons. The van der Waals surface area contributed by atoms with Crippen LogP contribution in [0.5, 0.6) is 11.5 Å². The molecule has 0 fully saturated rings. The molecule has 3 N–H and O–H groups in total. The molecule has 2 atom stereocenters. The van der Waals surface area contributed by atoms with E-state index in [0.717, 1.165) is 6.07 Å². The fraction of sp³-hybridized carbons (Fsp3) is 0.417. The van der Waals surface area contributed by atoms with E-state index in [1.165, 1.54) is 13.2 Å². The van der Waals surface area contributed by atoms with Crippen LogP contribution in [-0.4, -0.2) is 41.4 Å². The molecule has 0 bridgehead atoms. The summed E-state index contributed by atoms with van der Waals surface area (Å²) in [6.45, 7) is 0.00723. The van der Waals surface area contributed by atoms with Crippen LogP contribution in [0.1, 0.15) is 28.4 Å². The molecule has 1 rings (SSSR count). The number of methoxy groups -OCH3 is 1. The lowest BCUT2D eigenvalue weighted by molar-refractivity contribution is 0.0146. The first-order valence-corrected chi connectivity index (χ1v) is 5.78. The van der Waals surface area contributed by atoms with Gasteiger partial charge < -0.3 is 20.1 Å². The van der Waals surface area contributed by atoms with Gasteiger partial charge >= 0.3 is 0 Å². The molecule has 8 nitrogen and oxygen atoms in total. The maximum Gasteiger partial charge on any atom is 0.161 e. The number of benzene rings is 1. The summed E-state index contributed by atoms with van der Waals surface area (Å²) in [4.78, 5) is 13.5. The zero-order chi connectivity index (χ0) is 15.1. The molecule has 1 aromatic carbocycles. The van der Waals surface area contributed by atoms with Gasteiger partial charge in [-0.15, -0.1) is 0 Å². The summed E-state index contributed by atoms with van der Waals surface area (Å²) in [5.74, 6) is -0.166. The lowest BCUT2D eigenvalue weighted by Crippen LogP contribution is -2.20. The number of nitrogens with zero attached hydrogens (tertiary/aromatic N) is 3. The fourth-order valence-electron chi connectivity index (χ4n) is 1.72. The lowest BCUT2D eigenvalue weighted by atomic mass is 9.97. The molecule has 0 spiro atoms. The molecule has 2 unspecified atom stereocenters. The van der Waals surface area contributed by atoms with Crippen molar-refractivity contribution in [2.75, 3.05) is 13.7 Å². The van der Waals surface area contributed by atoms with E-state index < -0.39 is 12.2 Å². The highest BCUT2D eigenvalue weighted by atomic mass is 16.5. The number of rotatable bonds is 7. The van der Waals surface area contributed by atoms with Gasteiger partial charge in [-0.05, 0) is 29.6 Å². The van der Waals surface area contributed by atoms with Crippen molar-refractivity contribution in [1.82, 2.24) is 0 Å². The number of azide groups is 1. The van der Waals surface area contributed by atoms with Crippen LogP contribution in [0.4, 0.5) is 0 Å². The molecular formula is C12H15N3O5. The second-order valence-electron chi connectivity index (χ2n) is 4.03. The third-order valence-corrected chi connectivity index (χ3v) is 2.78. The predicted molar refractivity (Wildman–Crippen MR) is 69.6 cm³/mol. The van der Waals surface area contributed by atoms with Crippen molar-refractivity contribution in [1.29, 1.82) is 0 Å². The standard InChI is InChI=1S/C12H15N3O5/c1-20-11-4-7(6-16)8(5-10(11)18)12(19)9(17)2-3-14-15-13/h4-6,9,12,17-19H,2-3H2,1H3. The summed E-state index contributed by atoms with van der Waals surface area (Å²) in [6, 6.07) is 2.42. The third-order valence-electron chi connectivity index (χ3n) is 2.78. The number of ether oxygens (including phenoxy) is 1. The number of aliphatic hydroxyl groups excluding tert-OH is 2. The van der Waals surface area contributed by atoms with Gasteiger partial charge in [0.1, 0.15) is 6.10 Å². The maximum absolute atomic E-state index is 11.0. The van der Waals surface area contributed by atoms with Crippen molar-refractivity contribution in [2.24, 2.45) is 5.11 Å². The van der Waals surface area contributed by atoms with Crippen LogP contribution in [0.3, 0.4) is 0 Å². The molecule has 0 saturated carbocycles. The minimum absolute atomic E-state index is 0.00723. The van der Waals surface area contributed by atoms with Crippen LogP contribution in [0, 0.1) is 0 Å². The molecular weight excluding hydrogens is 266 g/mol. The van der Waals surface area contributed by atoms with Crippen LogP contribution in [0.25, 0.3) is 10.4 Å². The first kappa shape index (κ1) is 15.8. The van der Waals surface area contributed by atoms with E-state index in [2.05, 4.69) is 10.0 Å². The van der Waals surface area contributed by atoms with Crippen molar-refractivity contribution >= 4 is 6.29 Å². The highest BCUT2D eigenvalue weighted by molar-refractivity contribution is 5.79. The molecule has 0 aromatic heterocycles. The molecule has 1 aromatic rings. The Morgan fingerprint density at radius 3 is 2.75 bits per heavy atom. The Morgan fingerprint density at radius 1 is 1.50 bits per heavy atom. The number of hydrogen-bond donors (Lipinski definition) is 3. The second-order valence-corrected chi connectivity index (χ2v) is 4.03. The molecule has 8 heteroatoms. The number of phenolic OH excluding ortho intramolecular Hbond substituents is 1. The number of aliphatic hydroxyl groups is 2. The van der Waals surface area contributed by atoms with Crippen molar-refractivity contribution < 1.29 is 24.9 Å². The van der Waals surface area contributed by atoms with Crippen LogP contribution >= 0.6 is 0 Å². The van der Waals surface area contributed by atoms with Crippen LogP contribution < -0.4 is 4.74 Å². The Hall–Kier alpha value is -2.28. The number of carbonyl (C=O) groups excluding carboxylic acids is 1. The van der Waals surface area contributed by atoms with E-state index in [1.54, 1.807) is 0 Å². The van der Waals surface area contributed by atoms with Gasteiger partial charge in [-0.3, -0.25) is 4.79 Å². The molecule has 0 amide bonds. The topological polar surface area (TPSA) is 136 Å². The molecule has 0 aliphatic rings. The normalized spacial score (nSPS) is 13.2. The van der Waals surface area contributed by atoms with Crippen molar-refractivity contribution in [3.63, 3.8) is 0 Å². The Balaban J connectivity index is 3.01. The van der Waals surface area contributed by atoms with Gasteiger partial charge in [0, 0.05) is 17.0 Å². The lowest BCUT2D eigenvalue weighted by Gasteiger charge is -2.19. The number of phenols is 1. The van der Waals surface area contributed by atoms with Gasteiger partial charge in [0.05, 0.1) is 13.2 Å². The van der Waals surface area contributed by atoms with Crippen LogP contribution in [0.15, 0.2) is 17.2 Å². The first-order valence-electron chi connectivity index (χ1n) is 5.78. The largest absolute Gasteiger partial charge is 0.504 e. The van der Waals surface area contributed by atoms with Gasteiger partial charge in [-0.1, -0.05) is 5.11 Å². The summed E-state index contributed by atoms with van der Waals surface area (Å²) in [5.41, 5.74) is 8.30. The van der Waals surface area contributed by atoms with E-state index in [-0.39, 0.29) is 35.6 Å². The molecule has 0 heterocycles. The molecule has 0 saturated heterocycles. The Morgan fingerprint density at radius 2 is 2.20 bits per heavy atom. The zero-order valence-electron chi connectivity index (χ0n) is 10.8. The van der Waals surface area contributed by atoms with Gasteiger partial charge in [0.2, 0.25) is 0 Å². The van der Waals surface area contributed by atoms with E-state index in [0.29, 0.717) is 6.29 Å². The smallest absolute Gasteiger partial charge is 0.161 e. The van der Waals surface area contributed by atoms with Gasteiger partial charge in [0.15, 0.2) is 17.8 Å². The van der Waals surface area contributed by atoms with E-state index in [1.807, 2.05) is 0 Å². The van der Waals surface area contributed by atoms with E-state index in [9.17, 15) is 20.1 Å². The summed E-state index contributed by atoms with van der Waals surface area (Å²) < 4.78 is 4.85. The van der Waals surface area contributed by atoms with Crippen molar-refractivity contribution in [2.45, 2.75) is 18.6 Å². The molecule has 0 aliphatic carbocycles. The summed E-state index contributed by atoms with van der Waals surface area (Å²) in [6.07, 6.45) is -2.11. The van der Waals surface area contributed by atoms with Crippen LogP contribution in [-0.2, 0) is 0 Å². The Kier molecular flexibility index (Phi) is 5.79. The number of aromatic hydroxyl groups is 1. The fourth-order valence-corrected chi connectivity index (χ4v) is 1.72. The van der Waals surface area contributed by atoms with Crippen LogP contribution in [0.2, 0.25) is 0 Å². The predicted octanol–water partition coefficient (Wildman–Crippen LogP) is 1.31. The van der Waals surface area contributed by atoms with Gasteiger partial charge in [0.25, 0.3) is 0 Å². The highest BCUT2D eigenvalue weighted by Crippen LogP contribution is 2.33. The Bertz CT molecular complexity index is 528.